The zero-order valence-electron chi connectivity index (χ0n) is 28.6. The molecule has 0 bridgehead atoms. The van der Waals surface area contributed by atoms with Crippen molar-refractivity contribution in [1.82, 2.24) is 0 Å². The molecule has 0 aromatic heterocycles. The summed E-state index contributed by atoms with van der Waals surface area (Å²) >= 11 is 0. The Morgan fingerprint density at radius 1 is 0.902 bits per heavy atom. The molecule has 1 rings (SSSR count). The largest absolute Gasteiger partial charge is 0.481 e. The van der Waals surface area contributed by atoms with Crippen molar-refractivity contribution in [3.8, 4) is 0 Å². The highest BCUT2D eigenvalue weighted by atomic mass is 16.5. The quantitative estimate of drug-likeness (QED) is 0.178. The Kier molecular flexibility index (Phi) is 15.2. The average Bonchev–Trinajstić information content (AvgIpc) is 2.89. The van der Waals surface area contributed by atoms with E-state index in [0.717, 1.165) is 32.1 Å². The molecule has 1 aromatic carbocycles. The van der Waals surface area contributed by atoms with Gasteiger partial charge in [-0.05, 0) is 71.2 Å². The van der Waals surface area contributed by atoms with E-state index < -0.39 is 5.97 Å². The summed E-state index contributed by atoms with van der Waals surface area (Å²) in [6.07, 6.45) is 6.19. The summed E-state index contributed by atoms with van der Waals surface area (Å²) in [4.78, 5) is 25.8. The third-order valence-electron chi connectivity index (χ3n) is 10.3. The lowest BCUT2D eigenvalue weighted by Gasteiger charge is -2.42. The van der Waals surface area contributed by atoms with Crippen molar-refractivity contribution in [2.45, 2.75) is 128 Å². The molecule has 7 atom stereocenters. The van der Waals surface area contributed by atoms with Crippen molar-refractivity contribution < 1.29 is 19.4 Å². The van der Waals surface area contributed by atoms with Crippen LogP contribution in [-0.4, -0.2) is 23.7 Å². The first kappa shape index (κ1) is 37.2. The highest BCUT2D eigenvalue weighted by Gasteiger charge is 2.41. The van der Waals surface area contributed by atoms with E-state index in [1.54, 1.807) is 0 Å². The first-order valence-electron chi connectivity index (χ1n) is 16.4. The zero-order valence-corrected chi connectivity index (χ0v) is 28.6. The Morgan fingerprint density at radius 3 is 1.95 bits per heavy atom. The topological polar surface area (TPSA) is 63.6 Å². The van der Waals surface area contributed by atoms with Crippen LogP contribution in [0.25, 0.3) is 0 Å². The van der Waals surface area contributed by atoms with E-state index in [9.17, 15) is 14.7 Å². The summed E-state index contributed by atoms with van der Waals surface area (Å²) in [6, 6.07) is 10.6. The van der Waals surface area contributed by atoms with Gasteiger partial charge >= 0.3 is 11.9 Å². The first-order valence-corrected chi connectivity index (χ1v) is 16.4. The van der Waals surface area contributed by atoms with Crippen LogP contribution >= 0.6 is 0 Å². The van der Waals surface area contributed by atoms with Gasteiger partial charge in [0.15, 0.2) is 0 Å². The van der Waals surface area contributed by atoms with Crippen LogP contribution in [-0.2, 0) is 14.3 Å². The minimum absolute atomic E-state index is 0.0281. The van der Waals surface area contributed by atoms with Gasteiger partial charge in [-0.15, -0.1) is 0 Å². The number of carboxylic acid groups (broad SMARTS) is 1. The summed E-state index contributed by atoms with van der Waals surface area (Å²) in [6.45, 7) is 26.7. The lowest BCUT2D eigenvalue weighted by atomic mass is 9.62. The van der Waals surface area contributed by atoms with Crippen LogP contribution in [0.5, 0.6) is 0 Å². The Labute approximate surface area is 253 Å². The molecule has 4 nitrogen and oxygen atoms in total. The standard InChI is InChI=1S/C37H64O4/c1-13-15-19-29(14-2)24-41-35(40)32(36(8,9)10)22-26(5)37(11,12)23-31(30-20-17-16-18-21-30)27(6)28(7)33(25(3)4)34(38)39/h16-18,20-21,25-29,31-33H,13-15,19,22-24H2,1-12H3,(H,38,39). The molecule has 0 aliphatic heterocycles. The molecule has 4 heteroatoms. The van der Waals surface area contributed by atoms with Gasteiger partial charge in [-0.25, -0.2) is 0 Å². The predicted octanol–water partition coefficient (Wildman–Crippen LogP) is 10.3. The fraction of sp³-hybridized carbons (Fsp3) is 0.784. The maximum Gasteiger partial charge on any atom is 0.309 e. The second-order valence-electron chi connectivity index (χ2n) is 15.1. The van der Waals surface area contributed by atoms with E-state index in [0.29, 0.717) is 12.5 Å². The van der Waals surface area contributed by atoms with Crippen LogP contribution in [0.15, 0.2) is 30.3 Å². The van der Waals surface area contributed by atoms with E-state index >= 15 is 0 Å². The molecule has 41 heavy (non-hydrogen) atoms. The van der Waals surface area contributed by atoms with Crippen molar-refractivity contribution >= 4 is 11.9 Å². The van der Waals surface area contributed by atoms with Gasteiger partial charge < -0.3 is 9.84 Å². The number of esters is 1. The maximum absolute atomic E-state index is 13.5. The van der Waals surface area contributed by atoms with Gasteiger partial charge in [0, 0.05) is 0 Å². The highest BCUT2D eigenvalue weighted by molar-refractivity contribution is 5.73. The second-order valence-corrected chi connectivity index (χ2v) is 15.1. The Balaban J connectivity index is 3.20. The summed E-state index contributed by atoms with van der Waals surface area (Å²) in [7, 11) is 0. The van der Waals surface area contributed by atoms with Gasteiger partial charge in [0.2, 0.25) is 0 Å². The lowest BCUT2D eigenvalue weighted by Crippen LogP contribution is -2.37. The summed E-state index contributed by atoms with van der Waals surface area (Å²) in [5, 5.41) is 10.1. The molecule has 0 heterocycles. The third kappa shape index (κ3) is 11.4. The SMILES string of the molecule is CCCCC(CC)COC(=O)C(CC(C)C(C)(C)CC(c1ccccc1)C(C)C(C)C(C(=O)O)C(C)C)C(C)(C)C. The van der Waals surface area contributed by atoms with E-state index in [1.807, 2.05) is 19.9 Å². The Morgan fingerprint density at radius 2 is 1.49 bits per heavy atom. The van der Waals surface area contributed by atoms with Gasteiger partial charge in [-0.3, -0.25) is 9.59 Å². The van der Waals surface area contributed by atoms with Gasteiger partial charge in [-0.2, -0.15) is 0 Å². The van der Waals surface area contributed by atoms with Gasteiger partial charge in [0.25, 0.3) is 0 Å². The molecule has 0 spiro atoms. The molecule has 0 amide bonds. The molecular weight excluding hydrogens is 508 g/mol. The first-order chi connectivity index (χ1) is 19.0. The minimum Gasteiger partial charge on any atom is -0.481 e. The van der Waals surface area contributed by atoms with Crippen molar-refractivity contribution in [2.75, 3.05) is 6.61 Å². The van der Waals surface area contributed by atoms with Crippen LogP contribution in [0.3, 0.4) is 0 Å². The molecule has 1 N–H and O–H groups in total. The highest BCUT2D eigenvalue weighted by Crippen LogP contribution is 2.47. The molecule has 0 radical (unpaired) electrons. The van der Waals surface area contributed by atoms with Crippen molar-refractivity contribution in [3.63, 3.8) is 0 Å². The van der Waals surface area contributed by atoms with Crippen molar-refractivity contribution in [3.05, 3.63) is 35.9 Å². The fourth-order valence-electron chi connectivity index (χ4n) is 6.56. The average molecular weight is 573 g/mol. The van der Waals surface area contributed by atoms with Gasteiger partial charge in [0.05, 0.1) is 18.4 Å². The number of carbonyl (C=O) groups excluding carboxylic acids is 1. The Hall–Kier alpha value is -1.84. The molecule has 0 aliphatic carbocycles. The van der Waals surface area contributed by atoms with Crippen molar-refractivity contribution in [1.29, 1.82) is 0 Å². The number of hydrogen-bond donors (Lipinski definition) is 1. The molecule has 0 saturated carbocycles. The van der Waals surface area contributed by atoms with Gasteiger partial charge in [-0.1, -0.05) is 133 Å². The third-order valence-corrected chi connectivity index (χ3v) is 10.3. The normalized spacial score (nSPS) is 17.8. The van der Waals surface area contributed by atoms with Crippen molar-refractivity contribution in [2.24, 2.45) is 52.3 Å². The summed E-state index contributed by atoms with van der Waals surface area (Å²) < 4.78 is 5.99. The predicted molar refractivity (Wildman–Crippen MR) is 173 cm³/mol. The van der Waals surface area contributed by atoms with Crippen LogP contribution in [0, 0.1) is 52.3 Å². The van der Waals surface area contributed by atoms with Crippen LogP contribution in [0.4, 0.5) is 0 Å². The maximum atomic E-state index is 13.5. The summed E-state index contributed by atoms with van der Waals surface area (Å²) in [5.41, 5.74) is 1.01. The molecule has 7 unspecified atom stereocenters. The van der Waals surface area contributed by atoms with E-state index in [2.05, 4.69) is 93.5 Å². The van der Waals surface area contributed by atoms with E-state index in [1.165, 1.54) is 12.0 Å². The summed E-state index contributed by atoms with van der Waals surface area (Å²) in [5.74, 6) is -0.118. The number of hydrogen-bond acceptors (Lipinski definition) is 3. The Bertz CT molecular complexity index is 897. The number of carboxylic acids is 1. The molecular formula is C37H64O4. The van der Waals surface area contributed by atoms with E-state index in [4.69, 9.17) is 4.74 Å². The molecule has 236 valence electrons. The second kappa shape index (κ2) is 16.7. The number of unbranched alkanes of at least 4 members (excludes halogenated alkanes) is 1. The number of ether oxygens (including phenoxy) is 1. The molecule has 0 saturated heterocycles. The fourth-order valence-corrected chi connectivity index (χ4v) is 6.56. The molecule has 0 fully saturated rings. The molecule has 1 aromatic rings. The number of rotatable bonds is 18. The minimum atomic E-state index is -0.703. The van der Waals surface area contributed by atoms with Gasteiger partial charge in [0.1, 0.15) is 0 Å². The zero-order chi connectivity index (χ0) is 31.5. The van der Waals surface area contributed by atoms with E-state index in [-0.39, 0.29) is 58.2 Å². The number of benzene rings is 1. The smallest absolute Gasteiger partial charge is 0.309 e. The van der Waals surface area contributed by atoms with Crippen LogP contribution < -0.4 is 0 Å². The number of aliphatic carboxylic acids is 1. The number of carbonyl (C=O) groups is 2. The monoisotopic (exact) mass is 572 g/mol. The van der Waals surface area contributed by atoms with Crippen LogP contribution in [0.1, 0.15) is 133 Å². The van der Waals surface area contributed by atoms with Crippen LogP contribution in [0.2, 0.25) is 0 Å². The lowest BCUT2D eigenvalue weighted by molar-refractivity contribution is -0.155. The molecule has 0 aliphatic rings.